The zero-order valence-electron chi connectivity index (χ0n) is 18.0. The average Bonchev–Trinajstić information content (AvgIpc) is 3.09. The Kier molecular flexibility index (Phi) is 6.57. The number of carbonyl (C=O) groups is 1. The fourth-order valence-electron chi connectivity index (χ4n) is 3.81. The van der Waals surface area contributed by atoms with Gasteiger partial charge in [0, 0.05) is 25.7 Å². The molecule has 168 valence electrons. The van der Waals surface area contributed by atoms with Crippen molar-refractivity contribution in [3.8, 4) is 0 Å². The van der Waals surface area contributed by atoms with Gasteiger partial charge >= 0.3 is 0 Å². The number of nitrogens with two attached hydrogens (primary N) is 1. The van der Waals surface area contributed by atoms with Crippen LogP contribution in [0.5, 0.6) is 0 Å². The second kappa shape index (κ2) is 9.23. The Balaban J connectivity index is 1.55. The van der Waals surface area contributed by atoms with Crippen molar-refractivity contribution in [3.05, 3.63) is 56.5 Å². The number of aromatic nitrogens is 2. The highest BCUT2D eigenvalue weighted by Crippen LogP contribution is 2.34. The van der Waals surface area contributed by atoms with Crippen molar-refractivity contribution in [3.63, 3.8) is 0 Å². The van der Waals surface area contributed by atoms with E-state index in [4.69, 9.17) is 33.9 Å². The minimum atomic E-state index is -0.349. The SMILES string of the molecule is Cc1nc(N2CCN(C)CC2C)ccc1Nc1nc(N)c(C(=O)c2c(Cl)cccc2Cl)s1. The Morgan fingerprint density at radius 1 is 1.19 bits per heavy atom. The van der Waals surface area contributed by atoms with Crippen LogP contribution in [0.3, 0.4) is 0 Å². The van der Waals surface area contributed by atoms with Gasteiger partial charge in [-0.05, 0) is 45.2 Å². The van der Waals surface area contributed by atoms with Gasteiger partial charge in [-0.15, -0.1) is 0 Å². The third-order valence-corrected chi connectivity index (χ3v) is 7.10. The van der Waals surface area contributed by atoms with E-state index in [0.717, 1.165) is 48.2 Å². The summed E-state index contributed by atoms with van der Waals surface area (Å²) in [5.74, 6) is 0.737. The van der Waals surface area contributed by atoms with Gasteiger partial charge in [0.15, 0.2) is 5.13 Å². The van der Waals surface area contributed by atoms with E-state index in [1.54, 1.807) is 18.2 Å². The summed E-state index contributed by atoms with van der Waals surface area (Å²) in [4.78, 5) is 27.0. The molecule has 3 heterocycles. The molecule has 32 heavy (non-hydrogen) atoms. The lowest BCUT2D eigenvalue weighted by atomic mass is 10.1. The summed E-state index contributed by atoms with van der Waals surface area (Å²) in [7, 11) is 2.14. The number of carbonyl (C=O) groups excluding carboxylic acids is 1. The summed E-state index contributed by atoms with van der Waals surface area (Å²) in [6.07, 6.45) is 0. The number of nitrogens with zero attached hydrogens (tertiary/aromatic N) is 4. The number of ketones is 1. The Hall–Kier alpha value is -2.39. The van der Waals surface area contributed by atoms with E-state index >= 15 is 0 Å². The van der Waals surface area contributed by atoms with Crippen LogP contribution < -0.4 is 16.0 Å². The molecule has 0 aliphatic carbocycles. The van der Waals surface area contributed by atoms with Crippen LogP contribution in [-0.2, 0) is 0 Å². The summed E-state index contributed by atoms with van der Waals surface area (Å²) in [6, 6.07) is 9.30. The lowest BCUT2D eigenvalue weighted by Gasteiger charge is -2.39. The van der Waals surface area contributed by atoms with Crippen LogP contribution in [0.2, 0.25) is 10.0 Å². The van der Waals surface area contributed by atoms with Gasteiger partial charge in [-0.2, -0.15) is 0 Å². The molecule has 0 amide bonds. The molecule has 2 aromatic heterocycles. The van der Waals surface area contributed by atoms with E-state index in [1.807, 2.05) is 19.1 Å². The van der Waals surface area contributed by atoms with Gasteiger partial charge in [0.1, 0.15) is 16.5 Å². The van der Waals surface area contributed by atoms with Crippen molar-refractivity contribution in [2.24, 2.45) is 0 Å². The van der Waals surface area contributed by atoms with Gasteiger partial charge in [-0.25, -0.2) is 9.97 Å². The average molecular weight is 491 g/mol. The van der Waals surface area contributed by atoms with Crippen LogP contribution in [0, 0.1) is 6.92 Å². The highest BCUT2D eigenvalue weighted by molar-refractivity contribution is 7.18. The first kappa shape index (κ1) is 22.8. The number of thiazole rings is 1. The Morgan fingerprint density at radius 3 is 2.56 bits per heavy atom. The van der Waals surface area contributed by atoms with Crippen molar-refractivity contribution in [1.29, 1.82) is 0 Å². The molecule has 0 radical (unpaired) electrons. The molecule has 0 spiro atoms. The number of nitrogens with one attached hydrogen (secondary N) is 1. The Morgan fingerprint density at radius 2 is 1.91 bits per heavy atom. The molecule has 1 fully saturated rings. The van der Waals surface area contributed by atoms with Crippen LogP contribution >= 0.6 is 34.5 Å². The van der Waals surface area contributed by atoms with Crippen molar-refractivity contribution in [1.82, 2.24) is 14.9 Å². The molecule has 3 aromatic rings. The van der Waals surface area contributed by atoms with E-state index in [9.17, 15) is 4.79 Å². The zero-order chi connectivity index (χ0) is 23.0. The number of rotatable bonds is 5. The normalized spacial score (nSPS) is 16.9. The molecule has 1 unspecified atom stereocenters. The van der Waals surface area contributed by atoms with Crippen molar-refractivity contribution in [2.45, 2.75) is 19.9 Å². The number of pyridine rings is 1. The molecule has 1 aromatic carbocycles. The molecule has 1 atom stereocenters. The highest BCUT2D eigenvalue weighted by Gasteiger charge is 2.24. The van der Waals surface area contributed by atoms with E-state index in [1.165, 1.54) is 0 Å². The Labute approximate surface area is 201 Å². The number of anilines is 4. The lowest BCUT2D eigenvalue weighted by Crippen LogP contribution is -2.50. The molecular weight excluding hydrogens is 467 g/mol. The molecule has 4 rings (SSSR count). The molecule has 10 heteroatoms. The number of hydrogen-bond donors (Lipinski definition) is 2. The quantitative estimate of drug-likeness (QED) is 0.494. The molecule has 7 nitrogen and oxygen atoms in total. The predicted molar refractivity (Wildman–Crippen MR) is 133 cm³/mol. The van der Waals surface area contributed by atoms with E-state index in [-0.39, 0.29) is 32.1 Å². The maximum atomic E-state index is 13.0. The predicted octanol–water partition coefficient (Wildman–Crippen LogP) is 4.85. The maximum absolute atomic E-state index is 13.0. The zero-order valence-corrected chi connectivity index (χ0v) is 20.4. The lowest BCUT2D eigenvalue weighted by molar-refractivity contribution is 0.104. The number of nitrogen functional groups attached to an aromatic ring is 1. The van der Waals surface area contributed by atoms with Crippen LogP contribution in [-0.4, -0.2) is 53.4 Å². The molecule has 1 aliphatic rings. The standard InChI is InChI=1S/C22H24Cl2N6OS/c1-12-11-29(3)9-10-30(12)17-8-7-16(13(2)26-17)27-22-28-21(25)20(32-22)19(31)18-14(23)5-4-6-15(18)24/h4-8,12H,9-11,25H2,1-3H3,(H,27,28). The smallest absolute Gasteiger partial charge is 0.209 e. The first-order chi connectivity index (χ1) is 15.2. The molecule has 1 saturated heterocycles. The van der Waals surface area contributed by atoms with Gasteiger partial charge in [0.05, 0.1) is 27.0 Å². The third-order valence-electron chi connectivity index (χ3n) is 5.49. The number of hydrogen-bond acceptors (Lipinski definition) is 8. The van der Waals surface area contributed by atoms with E-state index in [2.05, 4.69) is 34.1 Å². The van der Waals surface area contributed by atoms with Crippen LogP contribution in [0.25, 0.3) is 0 Å². The van der Waals surface area contributed by atoms with Crippen LogP contribution in [0.4, 0.5) is 22.5 Å². The first-order valence-electron chi connectivity index (χ1n) is 10.2. The second-order valence-corrected chi connectivity index (χ2v) is 9.70. The number of halogens is 2. The van der Waals surface area contributed by atoms with Crippen molar-refractivity contribution >= 4 is 62.8 Å². The van der Waals surface area contributed by atoms with Gasteiger partial charge < -0.3 is 20.9 Å². The number of aryl methyl sites for hydroxylation is 1. The summed E-state index contributed by atoms with van der Waals surface area (Å²) in [5, 5.41) is 4.29. The van der Waals surface area contributed by atoms with E-state index < -0.39 is 0 Å². The maximum Gasteiger partial charge on any atom is 0.209 e. The second-order valence-electron chi connectivity index (χ2n) is 7.89. The first-order valence-corrected chi connectivity index (χ1v) is 11.8. The van der Waals surface area contributed by atoms with Crippen molar-refractivity contribution in [2.75, 3.05) is 42.6 Å². The summed E-state index contributed by atoms with van der Waals surface area (Å²) in [6.45, 7) is 7.11. The topological polar surface area (TPSA) is 87.4 Å². The van der Waals surface area contributed by atoms with Gasteiger partial charge in [0.2, 0.25) is 5.78 Å². The number of likely N-dealkylation sites (N-methyl/N-ethyl adjacent to an activating group) is 1. The minimum absolute atomic E-state index is 0.131. The third kappa shape index (κ3) is 4.54. The highest BCUT2D eigenvalue weighted by atomic mass is 35.5. The summed E-state index contributed by atoms with van der Waals surface area (Å²) >= 11 is 13.5. The van der Waals surface area contributed by atoms with Gasteiger partial charge in [-0.1, -0.05) is 40.6 Å². The van der Waals surface area contributed by atoms with Gasteiger partial charge in [0.25, 0.3) is 0 Å². The van der Waals surface area contributed by atoms with Crippen molar-refractivity contribution < 1.29 is 4.79 Å². The number of benzene rings is 1. The number of piperazine rings is 1. The molecule has 1 aliphatic heterocycles. The molecule has 0 saturated carbocycles. The Bertz CT molecular complexity index is 1150. The fourth-order valence-corrected chi connectivity index (χ4v) is 5.22. The molecular formula is C22H24Cl2N6OS. The van der Waals surface area contributed by atoms with Crippen LogP contribution in [0.1, 0.15) is 27.9 Å². The monoisotopic (exact) mass is 490 g/mol. The van der Waals surface area contributed by atoms with E-state index in [0.29, 0.717) is 11.2 Å². The molecule has 0 bridgehead atoms. The minimum Gasteiger partial charge on any atom is -0.382 e. The fraction of sp³-hybridized carbons (Fsp3) is 0.318. The molecule has 3 N–H and O–H groups in total. The van der Waals surface area contributed by atoms with Gasteiger partial charge in [-0.3, -0.25) is 4.79 Å². The summed E-state index contributed by atoms with van der Waals surface area (Å²) in [5.41, 5.74) is 7.91. The largest absolute Gasteiger partial charge is 0.382 e. The summed E-state index contributed by atoms with van der Waals surface area (Å²) < 4.78 is 0. The van der Waals surface area contributed by atoms with Crippen LogP contribution in [0.15, 0.2) is 30.3 Å².